The zero-order valence-corrected chi connectivity index (χ0v) is 10.8. The zero-order valence-electron chi connectivity index (χ0n) is 10.8. The molecule has 1 aromatic heterocycles. The lowest BCUT2D eigenvalue weighted by atomic mass is 10.1. The molecule has 2 heterocycles. The lowest BCUT2D eigenvalue weighted by molar-refractivity contribution is -0.114. The van der Waals surface area contributed by atoms with E-state index in [4.69, 9.17) is 0 Å². The average Bonchev–Trinajstić information content (AvgIpc) is 2.75. The Hall–Kier alpha value is -2.63. The molecule has 1 aromatic carbocycles. The molecule has 3 rings (SSSR count). The summed E-state index contributed by atoms with van der Waals surface area (Å²) in [5.41, 5.74) is 0.0862. The van der Waals surface area contributed by atoms with Crippen molar-refractivity contribution in [3.8, 4) is 0 Å². The quantitative estimate of drug-likeness (QED) is 0.813. The first-order chi connectivity index (χ1) is 10.1. The molecule has 0 spiro atoms. The summed E-state index contributed by atoms with van der Waals surface area (Å²) in [4.78, 5) is 28.6. The van der Waals surface area contributed by atoms with Gasteiger partial charge in [-0.15, -0.1) is 0 Å². The van der Waals surface area contributed by atoms with Gasteiger partial charge in [0, 0.05) is 18.9 Å². The van der Waals surface area contributed by atoms with Gasteiger partial charge in [0.1, 0.15) is 11.6 Å². The number of Topliss-reactive ketones (excluding diaryl/α,β-unsaturated/α-hetero) is 1. The van der Waals surface area contributed by atoms with Gasteiger partial charge >= 0.3 is 0 Å². The molecule has 21 heavy (non-hydrogen) atoms. The molecule has 4 nitrogen and oxygen atoms in total. The fourth-order valence-corrected chi connectivity index (χ4v) is 2.35. The van der Waals surface area contributed by atoms with E-state index in [2.05, 4.69) is 4.98 Å². The second kappa shape index (κ2) is 5.05. The largest absolute Gasteiger partial charge is 0.302 e. The van der Waals surface area contributed by atoms with Crippen molar-refractivity contribution in [1.82, 2.24) is 4.98 Å². The standard InChI is InChI=1S/C15H10F2N2O2/c16-10-3-4-11(17)13-12(10)14(20)15(21)19(13)7-5-9-2-1-6-18-8-9/h1-4,6,8H,5,7H2. The number of benzene rings is 1. The smallest absolute Gasteiger partial charge is 0.299 e. The Balaban J connectivity index is 1.93. The highest BCUT2D eigenvalue weighted by atomic mass is 19.1. The lowest BCUT2D eigenvalue weighted by Gasteiger charge is -2.16. The summed E-state index contributed by atoms with van der Waals surface area (Å²) in [5, 5.41) is 0. The Morgan fingerprint density at radius 1 is 1.10 bits per heavy atom. The van der Waals surface area contributed by atoms with Crippen LogP contribution in [0.4, 0.5) is 14.5 Å². The SMILES string of the molecule is O=C1C(=O)N(CCc2cccnc2)c2c(F)ccc(F)c21. The molecule has 6 heteroatoms. The number of nitrogens with zero attached hydrogens (tertiary/aromatic N) is 2. The maximum absolute atomic E-state index is 13.9. The van der Waals surface area contributed by atoms with Gasteiger partial charge in [-0.1, -0.05) is 6.07 Å². The molecule has 0 aliphatic carbocycles. The first-order valence-corrected chi connectivity index (χ1v) is 6.32. The summed E-state index contributed by atoms with van der Waals surface area (Å²) >= 11 is 0. The first-order valence-electron chi connectivity index (χ1n) is 6.32. The Kier molecular flexibility index (Phi) is 3.21. The number of amides is 1. The first kappa shape index (κ1) is 13.4. The third kappa shape index (κ3) is 2.18. The van der Waals surface area contributed by atoms with Gasteiger partial charge in [0.2, 0.25) is 0 Å². The number of carbonyl (C=O) groups is 2. The lowest BCUT2D eigenvalue weighted by Crippen LogP contribution is -2.32. The molecule has 1 aliphatic heterocycles. The Labute approximate surface area is 119 Å². The van der Waals surface area contributed by atoms with E-state index in [1.165, 1.54) is 0 Å². The normalized spacial score (nSPS) is 13.7. The van der Waals surface area contributed by atoms with Crippen molar-refractivity contribution in [3.05, 3.63) is 59.4 Å². The van der Waals surface area contributed by atoms with Crippen LogP contribution in [0.5, 0.6) is 0 Å². The van der Waals surface area contributed by atoms with E-state index in [9.17, 15) is 18.4 Å². The predicted octanol–water partition coefficient (Wildman–Crippen LogP) is 2.13. The van der Waals surface area contributed by atoms with Crippen molar-refractivity contribution < 1.29 is 18.4 Å². The third-order valence-electron chi connectivity index (χ3n) is 3.36. The molecule has 1 amide bonds. The van der Waals surface area contributed by atoms with Gasteiger partial charge in [0.25, 0.3) is 11.7 Å². The maximum atomic E-state index is 13.9. The van der Waals surface area contributed by atoms with Crippen LogP contribution in [-0.4, -0.2) is 23.2 Å². The van der Waals surface area contributed by atoms with Crippen molar-refractivity contribution >= 4 is 17.4 Å². The van der Waals surface area contributed by atoms with Gasteiger partial charge in [-0.05, 0) is 30.2 Å². The number of rotatable bonds is 3. The number of hydrogen-bond donors (Lipinski definition) is 0. The number of halogens is 2. The molecule has 0 unspecified atom stereocenters. The van der Waals surface area contributed by atoms with Crippen molar-refractivity contribution in [2.75, 3.05) is 11.4 Å². The summed E-state index contributed by atoms with van der Waals surface area (Å²) in [6.45, 7) is 0.0869. The molecule has 0 saturated carbocycles. The van der Waals surface area contributed by atoms with E-state index in [0.717, 1.165) is 22.6 Å². The average molecular weight is 288 g/mol. The van der Waals surface area contributed by atoms with Gasteiger partial charge < -0.3 is 4.90 Å². The highest BCUT2D eigenvalue weighted by molar-refractivity contribution is 6.52. The number of anilines is 1. The summed E-state index contributed by atoms with van der Waals surface area (Å²) in [5.74, 6) is -3.57. The van der Waals surface area contributed by atoms with Crippen molar-refractivity contribution in [1.29, 1.82) is 0 Å². The van der Waals surface area contributed by atoms with Gasteiger partial charge in [-0.3, -0.25) is 14.6 Å². The summed E-state index contributed by atoms with van der Waals surface area (Å²) < 4.78 is 27.5. The Morgan fingerprint density at radius 2 is 1.86 bits per heavy atom. The predicted molar refractivity (Wildman–Crippen MR) is 71.0 cm³/mol. The summed E-state index contributed by atoms with van der Waals surface area (Å²) in [6.07, 6.45) is 3.62. The number of pyridine rings is 1. The van der Waals surface area contributed by atoms with Gasteiger partial charge in [0.15, 0.2) is 0 Å². The van der Waals surface area contributed by atoms with Crippen LogP contribution in [0.25, 0.3) is 0 Å². The molecule has 0 N–H and O–H groups in total. The molecular weight excluding hydrogens is 278 g/mol. The summed E-state index contributed by atoms with van der Waals surface area (Å²) in [7, 11) is 0. The monoisotopic (exact) mass is 288 g/mol. The van der Waals surface area contributed by atoms with Gasteiger partial charge in [-0.25, -0.2) is 8.78 Å². The minimum Gasteiger partial charge on any atom is -0.302 e. The Morgan fingerprint density at radius 3 is 2.57 bits per heavy atom. The van der Waals surface area contributed by atoms with Crippen LogP contribution >= 0.6 is 0 Å². The molecule has 2 aromatic rings. The number of carbonyl (C=O) groups excluding carboxylic acids is 2. The Bertz CT molecular complexity index is 732. The molecule has 0 fully saturated rings. The topological polar surface area (TPSA) is 50.3 Å². The minimum atomic E-state index is -1.01. The van der Waals surface area contributed by atoms with Crippen LogP contribution in [-0.2, 0) is 11.2 Å². The highest BCUT2D eigenvalue weighted by Gasteiger charge is 2.40. The van der Waals surface area contributed by atoms with Gasteiger partial charge in [0.05, 0.1) is 11.3 Å². The number of hydrogen-bond acceptors (Lipinski definition) is 3. The molecule has 0 atom stereocenters. The second-order valence-electron chi connectivity index (χ2n) is 4.65. The van der Waals surface area contributed by atoms with Crippen LogP contribution in [0.2, 0.25) is 0 Å². The molecule has 1 aliphatic rings. The molecule has 106 valence electrons. The number of ketones is 1. The van der Waals surface area contributed by atoms with E-state index < -0.39 is 28.9 Å². The van der Waals surface area contributed by atoms with Crippen LogP contribution in [0.3, 0.4) is 0 Å². The van der Waals surface area contributed by atoms with Crippen LogP contribution in [0, 0.1) is 11.6 Å². The molecular formula is C15H10F2N2O2. The van der Waals surface area contributed by atoms with E-state index in [0.29, 0.717) is 6.42 Å². The van der Waals surface area contributed by atoms with Crippen molar-refractivity contribution in [2.45, 2.75) is 6.42 Å². The maximum Gasteiger partial charge on any atom is 0.299 e. The summed E-state index contributed by atoms with van der Waals surface area (Å²) in [6, 6.07) is 5.31. The van der Waals surface area contributed by atoms with Crippen molar-refractivity contribution in [3.63, 3.8) is 0 Å². The third-order valence-corrected chi connectivity index (χ3v) is 3.36. The van der Waals surface area contributed by atoms with E-state index in [1.54, 1.807) is 24.5 Å². The van der Waals surface area contributed by atoms with E-state index in [1.807, 2.05) is 0 Å². The van der Waals surface area contributed by atoms with E-state index in [-0.39, 0.29) is 12.2 Å². The van der Waals surface area contributed by atoms with Crippen molar-refractivity contribution in [2.24, 2.45) is 0 Å². The minimum absolute atomic E-state index is 0.0869. The zero-order chi connectivity index (χ0) is 15.0. The fourth-order valence-electron chi connectivity index (χ4n) is 2.35. The number of aromatic nitrogens is 1. The highest BCUT2D eigenvalue weighted by Crippen LogP contribution is 2.33. The fraction of sp³-hybridized carbons (Fsp3) is 0.133. The van der Waals surface area contributed by atoms with E-state index >= 15 is 0 Å². The molecule has 0 saturated heterocycles. The van der Waals surface area contributed by atoms with Gasteiger partial charge in [-0.2, -0.15) is 0 Å². The molecule has 0 radical (unpaired) electrons. The second-order valence-corrected chi connectivity index (χ2v) is 4.65. The molecule has 0 bridgehead atoms. The number of fused-ring (bicyclic) bond motifs is 1. The van der Waals surface area contributed by atoms with Crippen LogP contribution < -0.4 is 4.90 Å². The van der Waals surface area contributed by atoms with Crippen LogP contribution in [0.15, 0.2) is 36.7 Å². The van der Waals surface area contributed by atoms with Crippen LogP contribution in [0.1, 0.15) is 15.9 Å².